The van der Waals surface area contributed by atoms with E-state index in [4.69, 9.17) is 0 Å². The van der Waals surface area contributed by atoms with Gasteiger partial charge in [0.15, 0.2) is 11.5 Å². The first-order valence-corrected chi connectivity index (χ1v) is 9.89. The number of benzene rings is 1. The zero-order valence-corrected chi connectivity index (χ0v) is 16.2. The summed E-state index contributed by atoms with van der Waals surface area (Å²) in [7, 11) is 0. The lowest BCUT2D eigenvalue weighted by Gasteiger charge is -2.06. The summed E-state index contributed by atoms with van der Waals surface area (Å²) in [5.41, 5.74) is 2.40. The number of hydrogen-bond acceptors (Lipinski definition) is 6. The molecule has 4 aromatic rings. The monoisotopic (exact) mass is 392 g/mol. The highest BCUT2D eigenvalue weighted by Crippen LogP contribution is 2.12. The largest absolute Gasteiger partial charge is 0.364 e. The molecule has 3 heterocycles. The van der Waals surface area contributed by atoms with Crippen molar-refractivity contribution in [1.82, 2.24) is 25.1 Å². The topological polar surface area (TPSA) is 84.2 Å². The summed E-state index contributed by atoms with van der Waals surface area (Å²) in [6.45, 7) is 3.15. The van der Waals surface area contributed by atoms with Gasteiger partial charge < -0.3 is 10.6 Å². The number of thiophene rings is 1. The summed E-state index contributed by atoms with van der Waals surface area (Å²) in [5.74, 6) is 1.37. The predicted molar refractivity (Wildman–Crippen MR) is 110 cm³/mol. The van der Waals surface area contributed by atoms with Gasteiger partial charge in [0, 0.05) is 23.4 Å². The van der Waals surface area contributed by atoms with Crippen LogP contribution in [0.15, 0.2) is 53.9 Å². The first kappa shape index (κ1) is 18.1. The van der Waals surface area contributed by atoms with Gasteiger partial charge in [-0.2, -0.15) is 4.52 Å². The van der Waals surface area contributed by atoms with Crippen LogP contribution in [0.5, 0.6) is 0 Å². The Hall–Kier alpha value is -3.26. The summed E-state index contributed by atoms with van der Waals surface area (Å²) < 4.78 is 1.72. The van der Waals surface area contributed by atoms with Gasteiger partial charge in [0.05, 0.1) is 6.54 Å². The number of aryl methyl sites for hydroxylation is 1. The van der Waals surface area contributed by atoms with Crippen LogP contribution in [0, 0.1) is 6.92 Å². The SMILES string of the molecule is Cc1cccc(C(=O)NCCc2nnc3ccc(NCc4cccs4)nn23)c1. The summed E-state index contributed by atoms with van der Waals surface area (Å²) >= 11 is 1.70. The fourth-order valence-corrected chi connectivity index (χ4v) is 3.50. The van der Waals surface area contributed by atoms with E-state index in [1.807, 2.05) is 49.4 Å². The molecule has 0 atom stereocenters. The average molecular weight is 392 g/mol. The van der Waals surface area contributed by atoms with Crippen molar-refractivity contribution in [3.8, 4) is 0 Å². The van der Waals surface area contributed by atoms with E-state index in [1.54, 1.807) is 15.9 Å². The molecule has 2 N–H and O–H groups in total. The molecule has 28 heavy (non-hydrogen) atoms. The van der Waals surface area contributed by atoms with Crippen molar-refractivity contribution in [2.45, 2.75) is 19.9 Å². The Morgan fingerprint density at radius 3 is 2.89 bits per heavy atom. The van der Waals surface area contributed by atoms with Gasteiger partial charge >= 0.3 is 0 Å². The normalized spacial score (nSPS) is 10.9. The summed E-state index contributed by atoms with van der Waals surface area (Å²) in [4.78, 5) is 13.5. The minimum atomic E-state index is -0.0937. The molecule has 0 unspecified atom stereocenters. The minimum absolute atomic E-state index is 0.0937. The standard InChI is InChI=1S/C20H20N6OS/c1-14-4-2-5-15(12-14)20(27)21-10-9-19-24-23-18-8-7-17(25-26(18)19)22-13-16-6-3-11-28-16/h2-8,11-12H,9-10,13H2,1H3,(H,21,27)(H,22,25). The summed E-state index contributed by atoms with van der Waals surface area (Å²) in [5, 5.41) is 21.2. The molecule has 0 radical (unpaired) electrons. The van der Waals surface area contributed by atoms with Crippen LogP contribution >= 0.6 is 11.3 Å². The van der Waals surface area contributed by atoms with Crippen molar-refractivity contribution in [1.29, 1.82) is 0 Å². The molecule has 0 aliphatic heterocycles. The smallest absolute Gasteiger partial charge is 0.251 e. The maximum absolute atomic E-state index is 12.3. The fourth-order valence-electron chi connectivity index (χ4n) is 2.85. The molecule has 0 bridgehead atoms. The van der Waals surface area contributed by atoms with Crippen LogP contribution < -0.4 is 10.6 Å². The highest BCUT2D eigenvalue weighted by molar-refractivity contribution is 7.09. The van der Waals surface area contributed by atoms with Crippen molar-refractivity contribution in [3.05, 3.63) is 75.7 Å². The van der Waals surface area contributed by atoms with Crippen molar-refractivity contribution < 1.29 is 4.79 Å². The number of rotatable bonds is 7. The number of hydrogen-bond donors (Lipinski definition) is 2. The van der Waals surface area contributed by atoms with Crippen LogP contribution in [0.4, 0.5) is 5.82 Å². The summed E-state index contributed by atoms with van der Waals surface area (Å²) in [6.07, 6.45) is 0.542. The Morgan fingerprint density at radius 2 is 2.07 bits per heavy atom. The predicted octanol–water partition coefficient (Wildman–Crippen LogP) is 3.08. The second kappa shape index (κ2) is 8.18. The number of carbonyl (C=O) groups is 1. The number of carbonyl (C=O) groups excluding carboxylic acids is 1. The van der Waals surface area contributed by atoms with Crippen LogP contribution in [-0.2, 0) is 13.0 Å². The van der Waals surface area contributed by atoms with Gasteiger partial charge in [-0.15, -0.1) is 26.6 Å². The maximum Gasteiger partial charge on any atom is 0.251 e. The lowest BCUT2D eigenvalue weighted by molar-refractivity contribution is 0.0954. The molecule has 0 saturated carbocycles. The number of anilines is 1. The number of nitrogens with one attached hydrogen (secondary N) is 2. The maximum atomic E-state index is 12.3. The molecule has 0 aliphatic rings. The fraction of sp³-hybridized carbons (Fsp3) is 0.200. The zero-order chi connectivity index (χ0) is 19.3. The van der Waals surface area contributed by atoms with Crippen molar-refractivity contribution in [2.75, 3.05) is 11.9 Å². The number of nitrogens with zero attached hydrogens (tertiary/aromatic N) is 4. The van der Waals surface area contributed by atoms with Crippen molar-refractivity contribution in [3.63, 3.8) is 0 Å². The molecule has 0 aliphatic carbocycles. The third-order valence-electron chi connectivity index (χ3n) is 4.27. The van der Waals surface area contributed by atoms with Gasteiger partial charge in [-0.3, -0.25) is 4.79 Å². The van der Waals surface area contributed by atoms with Gasteiger partial charge in [0.1, 0.15) is 5.82 Å². The van der Waals surface area contributed by atoms with E-state index in [1.165, 1.54) is 4.88 Å². The molecule has 142 valence electrons. The Morgan fingerprint density at radius 1 is 1.14 bits per heavy atom. The van der Waals surface area contributed by atoms with E-state index in [9.17, 15) is 4.79 Å². The third kappa shape index (κ3) is 4.17. The Labute approximate surface area is 166 Å². The van der Waals surface area contributed by atoms with Crippen LogP contribution in [0.2, 0.25) is 0 Å². The molecule has 1 aromatic carbocycles. The Kier molecular flexibility index (Phi) is 5.29. The third-order valence-corrected chi connectivity index (χ3v) is 5.14. The van der Waals surface area contributed by atoms with E-state index in [-0.39, 0.29) is 5.91 Å². The van der Waals surface area contributed by atoms with Gasteiger partial charge in [-0.05, 0) is 42.6 Å². The minimum Gasteiger partial charge on any atom is -0.364 e. The van der Waals surface area contributed by atoms with Gasteiger partial charge in [-0.1, -0.05) is 23.8 Å². The van der Waals surface area contributed by atoms with Crippen molar-refractivity contribution >= 4 is 28.7 Å². The Balaban J connectivity index is 1.39. The molecule has 0 fully saturated rings. The van der Waals surface area contributed by atoms with Crippen LogP contribution in [0.3, 0.4) is 0 Å². The van der Waals surface area contributed by atoms with Gasteiger partial charge in [0.2, 0.25) is 0 Å². The lowest BCUT2D eigenvalue weighted by Crippen LogP contribution is -2.26. The van der Waals surface area contributed by atoms with E-state index in [0.717, 1.165) is 17.9 Å². The Bertz CT molecular complexity index is 1090. The number of fused-ring (bicyclic) bond motifs is 1. The molecular weight excluding hydrogens is 372 g/mol. The second-order valence-corrected chi connectivity index (χ2v) is 7.45. The summed E-state index contributed by atoms with van der Waals surface area (Å²) in [6, 6.07) is 15.4. The van der Waals surface area contributed by atoms with E-state index in [0.29, 0.717) is 30.0 Å². The van der Waals surface area contributed by atoms with Crippen LogP contribution in [0.25, 0.3) is 5.65 Å². The van der Waals surface area contributed by atoms with Gasteiger partial charge in [0.25, 0.3) is 5.91 Å². The molecular formula is C20H20N6OS. The lowest BCUT2D eigenvalue weighted by atomic mass is 10.1. The first-order chi connectivity index (χ1) is 13.7. The van der Waals surface area contributed by atoms with E-state index in [2.05, 4.69) is 37.4 Å². The van der Waals surface area contributed by atoms with Crippen molar-refractivity contribution in [2.24, 2.45) is 0 Å². The second-order valence-electron chi connectivity index (χ2n) is 6.41. The first-order valence-electron chi connectivity index (χ1n) is 9.01. The van der Waals surface area contributed by atoms with Crippen LogP contribution in [-0.4, -0.2) is 32.3 Å². The average Bonchev–Trinajstić information content (AvgIpc) is 3.36. The van der Waals surface area contributed by atoms with E-state index >= 15 is 0 Å². The number of amides is 1. The van der Waals surface area contributed by atoms with E-state index < -0.39 is 0 Å². The molecule has 1 amide bonds. The molecule has 7 nitrogen and oxygen atoms in total. The highest BCUT2D eigenvalue weighted by Gasteiger charge is 2.10. The highest BCUT2D eigenvalue weighted by atomic mass is 32.1. The van der Waals surface area contributed by atoms with Crippen LogP contribution in [0.1, 0.15) is 26.6 Å². The molecule has 4 rings (SSSR count). The molecule has 3 aromatic heterocycles. The molecule has 8 heteroatoms. The van der Waals surface area contributed by atoms with Gasteiger partial charge in [-0.25, -0.2) is 0 Å². The zero-order valence-electron chi connectivity index (χ0n) is 15.4. The quantitative estimate of drug-likeness (QED) is 0.505. The number of aromatic nitrogens is 4. The molecule has 0 saturated heterocycles. The molecule has 0 spiro atoms.